The second kappa shape index (κ2) is 6.02. The Morgan fingerprint density at radius 1 is 1.35 bits per heavy atom. The fraction of sp³-hybridized carbons (Fsp3) is 0.529. The van der Waals surface area contributed by atoms with Gasteiger partial charge in [0.25, 0.3) is 0 Å². The number of aromatic nitrogens is 3. The third-order valence-electron chi connectivity index (χ3n) is 4.21. The maximum atomic E-state index is 13.5. The average Bonchev–Trinajstić information content (AvgIpc) is 3.05. The third kappa shape index (κ3) is 3.43. The van der Waals surface area contributed by atoms with Gasteiger partial charge in [-0.2, -0.15) is 5.10 Å². The van der Waals surface area contributed by atoms with Gasteiger partial charge in [0.2, 0.25) is 0 Å². The summed E-state index contributed by atoms with van der Waals surface area (Å²) in [4.78, 5) is 6.52. The molecule has 2 aromatic rings. The van der Waals surface area contributed by atoms with Crippen LogP contribution in [0.25, 0.3) is 0 Å². The van der Waals surface area contributed by atoms with Crippen LogP contribution in [0.15, 0.2) is 30.6 Å². The zero-order valence-corrected chi connectivity index (χ0v) is 13.8. The van der Waals surface area contributed by atoms with Gasteiger partial charge in [0.15, 0.2) is 0 Å². The van der Waals surface area contributed by atoms with Crippen LogP contribution in [0.3, 0.4) is 0 Å². The van der Waals surface area contributed by atoms with E-state index in [0.717, 1.165) is 11.4 Å². The van der Waals surface area contributed by atoms with Crippen molar-refractivity contribution in [2.45, 2.75) is 51.4 Å². The van der Waals surface area contributed by atoms with Crippen molar-refractivity contribution in [2.75, 3.05) is 6.54 Å². The number of β-amino-alcohol motifs (C(OH)–C–C–N with tert-alkyl or cyclic N) is 1. The first kappa shape index (κ1) is 16.1. The molecule has 2 atom stereocenters. The summed E-state index contributed by atoms with van der Waals surface area (Å²) in [5.41, 5.74) is 0.738. The van der Waals surface area contributed by atoms with Crippen molar-refractivity contribution in [3.05, 3.63) is 47.8 Å². The Labute approximate surface area is 135 Å². The molecule has 2 unspecified atom stereocenters. The van der Waals surface area contributed by atoms with E-state index in [2.05, 4.69) is 35.8 Å². The van der Waals surface area contributed by atoms with Gasteiger partial charge in [0.1, 0.15) is 18.0 Å². The molecule has 0 saturated carbocycles. The monoisotopic (exact) mass is 318 g/mol. The van der Waals surface area contributed by atoms with Crippen LogP contribution in [-0.2, 0) is 12.1 Å². The number of halogens is 1. The average molecular weight is 318 g/mol. The second-order valence-corrected chi connectivity index (χ2v) is 7.15. The van der Waals surface area contributed by atoms with Crippen LogP contribution in [0.5, 0.6) is 0 Å². The van der Waals surface area contributed by atoms with Crippen LogP contribution >= 0.6 is 0 Å². The number of hydrogen-bond donors (Lipinski definition) is 1. The Balaban J connectivity index is 1.85. The summed E-state index contributed by atoms with van der Waals surface area (Å²) in [5.74, 6) is 0.606. The molecule has 5 nitrogen and oxygen atoms in total. The molecular weight excluding hydrogens is 295 g/mol. The largest absolute Gasteiger partial charge is 0.392 e. The molecule has 1 saturated heterocycles. The number of rotatable bonds is 3. The van der Waals surface area contributed by atoms with Gasteiger partial charge in [-0.15, -0.1) is 0 Å². The van der Waals surface area contributed by atoms with Crippen molar-refractivity contribution in [1.82, 2.24) is 19.7 Å². The Bertz CT molecular complexity index is 679. The summed E-state index contributed by atoms with van der Waals surface area (Å²) in [5, 5.41) is 14.4. The maximum Gasteiger partial charge on any atom is 0.141 e. The summed E-state index contributed by atoms with van der Waals surface area (Å²) in [6.45, 7) is 7.36. The first-order chi connectivity index (χ1) is 10.8. The lowest BCUT2D eigenvalue weighted by molar-refractivity contribution is 0.168. The van der Waals surface area contributed by atoms with Crippen molar-refractivity contribution in [3.63, 3.8) is 0 Å². The van der Waals surface area contributed by atoms with Gasteiger partial charge in [-0.05, 0) is 44.9 Å². The van der Waals surface area contributed by atoms with Gasteiger partial charge in [0, 0.05) is 12.6 Å². The van der Waals surface area contributed by atoms with E-state index in [4.69, 9.17) is 0 Å². The van der Waals surface area contributed by atoms with Crippen molar-refractivity contribution in [3.8, 4) is 0 Å². The molecule has 124 valence electrons. The van der Waals surface area contributed by atoms with Crippen molar-refractivity contribution in [1.29, 1.82) is 0 Å². The number of likely N-dealkylation sites (tertiary alicyclic amines) is 1. The summed E-state index contributed by atoms with van der Waals surface area (Å²) < 4.78 is 15.4. The summed E-state index contributed by atoms with van der Waals surface area (Å²) in [7, 11) is 0. The normalized spacial score (nSPS) is 22.7. The van der Waals surface area contributed by atoms with E-state index in [0.29, 0.717) is 19.5 Å². The van der Waals surface area contributed by atoms with E-state index >= 15 is 0 Å². The second-order valence-electron chi connectivity index (χ2n) is 7.15. The Kier molecular flexibility index (Phi) is 4.21. The molecule has 3 rings (SSSR count). The van der Waals surface area contributed by atoms with Crippen LogP contribution in [0.2, 0.25) is 0 Å². The van der Waals surface area contributed by atoms with E-state index in [1.54, 1.807) is 18.5 Å². The minimum Gasteiger partial charge on any atom is -0.392 e. The Hall–Kier alpha value is -1.79. The van der Waals surface area contributed by atoms with E-state index in [1.807, 2.05) is 10.7 Å². The minimum absolute atomic E-state index is 0.00850. The number of aliphatic hydroxyl groups excluding tert-OH is 1. The number of hydrogen-bond acceptors (Lipinski definition) is 4. The summed E-state index contributed by atoms with van der Waals surface area (Å²) in [6.07, 6.45) is 1.76. The van der Waals surface area contributed by atoms with Crippen molar-refractivity contribution < 1.29 is 9.50 Å². The highest BCUT2D eigenvalue weighted by Gasteiger charge is 2.33. The van der Waals surface area contributed by atoms with E-state index in [-0.39, 0.29) is 17.4 Å². The third-order valence-corrected chi connectivity index (χ3v) is 4.21. The van der Waals surface area contributed by atoms with Gasteiger partial charge in [-0.1, -0.05) is 12.1 Å². The molecule has 0 amide bonds. The lowest BCUT2D eigenvalue weighted by Crippen LogP contribution is -2.31. The predicted octanol–water partition coefficient (Wildman–Crippen LogP) is 2.48. The van der Waals surface area contributed by atoms with Crippen LogP contribution in [0.4, 0.5) is 4.39 Å². The molecular formula is C17H23FN4O. The van der Waals surface area contributed by atoms with E-state index < -0.39 is 6.10 Å². The molecule has 0 aliphatic carbocycles. The topological polar surface area (TPSA) is 54.2 Å². The zero-order valence-electron chi connectivity index (χ0n) is 13.8. The molecule has 0 bridgehead atoms. The molecule has 1 N–H and O–H groups in total. The lowest BCUT2D eigenvalue weighted by atomic mass is 10.0. The first-order valence-corrected chi connectivity index (χ1v) is 7.91. The SMILES string of the molecule is CC(C)(C)n1ncnc1CN1CC(O)CC1c1cccc(F)c1. The molecule has 6 heteroatoms. The molecule has 1 fully saturated rings. The lowest BCUT2D eigenvalue weighted by Gasteiger charge is -2.27. The standard InChI is InChI=1S/C17H23FN4O/c1-17(2,3)22-16(19-11-20-22)10-21-9-14(23)8-15(21)12-5-4-6-13(18)7-12/h4-7,11,14-15,23H,8-10H2,1-3H3. The quantitative estimate of drug-likeness (QED) is 0.944. The molecule has 0 spiro atoms. The number of benzene rings is 1. The molecule has 1 aromatic carbocycles. The van der Waals surface area contributed by atoms with Gasteiger partial charge in [-0.25, -0.2) is 14.1 Å². The number of nitrogens with zero attached hydrogens (tertiary/aromatic N) is 4. The summed E-state index contributed by atoms with van der Waals surface area (Å²) in [6, 6.07) is 6.60. The molecule has 2 heterocycles. The predicted molar refractivity (Wildman–Crippen MR) is 85.2 cm³/mol. The van der Waals surface area contributed by atoms with Gasteiger partial charge < -0.3 is 5.11 Å². The van der Waals surface area contributed by atoms with Gasteiger partial charge in [-0.3, -0.25) is 4.90 Å². The molecule has 1 aromatic heterocycles. The molecule has 1 aliphatic rings. The van der Waals surface area contributed by atoms with Crippen LogP contribution in [-0.4, -0.2) is 37.4 Å². The molecule has 1 aliphatic heterocycles. The number of aliphatic hydroxyl groups is 1. The fourth-order valence-corrected chi connectivity index (χ4v) is 3.23. The first-order valence-electron chi connectivity index (χ1n) is 7.91. The van der Waals surface area contributed by atoms with Crippen LogP contribution in [0.1, 0.15) is 44.6 Å². The highest BCUT2D eigenvalue weighted by Crippen LogP contribution is 2.33. The van der Waals surface area contributed by atoms with Gasteiger partial charge >= 0.3 is 0 Å². The van der Waals surface area contributed by atoms with E-state index in [9.17, 15) is 9.50 Å². The Morgan fingerprint density at radius 3 is 2.83 bits per heavy atom. The van der Waals surface area contributed by atoms with Gasteiger partial charge in [0.05, 0.1) is 18.2 Å². The highest BCUT2D eigenvalue weighted by atomic mass is 19.1. The van der Waals surface area contributed by atoms with Crippen molar-refractivity contribution >= 4 is 0 Å². The van der Waals surface area contributed by atoms with Crippen LogP contribution < -0.4 is 0 Å². The fourth-order valence-electron chi connectivity index (χ4n) is 3.23. The Morgan fingerprint density at radius 2 is 2.13 bits per heavy atom. The van der Waals surface area contributed by atoms with Crippen LogP contribution in [0, 0.1) is 5.82 Å². The zero-order chi connectivity index (χ0) is 16.6. The summed E-state index contributed by atoms with van der Waals surface area (Å²) >= 11 is 0. The maximum absolute atomic E-state index is 13.5. The molecule has 23 heavy (non-hydrogen) atoms. The minimum atomic E-state index is -0.408. The van der Waals surface area contributed by atoms with E-state index in [1.165, 1.54) is 6.07 Å². The van der Waals surface area contributed by atoms with Crippen molar-refractivity contribution in [2.24, 2.45) is 0 Å². The highest BCUT2D eigenvalue weighted by molar-refractivity contribution is 5.22. The smallest absolute Gasteiger partial charge is 0.141 e. The molecule has 0 radical (unpaired) electrons.